The van der Waals surface area contributed by atoms with E-state index in [1.54, 1.807) is 0 Å². The molecule has 0 aromatic carbocycles. The lowest BCUT2D eigenvalue weighted by molar-refractivity contribution is -0.111. The van der Waals surface area contributed by atoms with Gasteiger partial charge in [0.2, 0.25) is 5.78 Å². The van der Waals surface area contributed by atoms with Crippen molar-refractivity contribution in [3.8, 4) is 0 Å². The molecule has 0 radical (unpaired) electrons. The number of hydrogen-bond donors (Lipinski definition) is 1. The second-order valence-corrected chi connectivity index (χ2v) is 3.45. The van der Waals surface area contributed by atoms with Gasteiger partial charge in [0.25, 0.3) is 10.1 Å². The van der Waals surface area contributed by atoms with Gasteiger partial charge in [-0.05, 0) is 12.5 Å². The lowest BCUT2D eigenvalue weighted by Crippen LogP contribution is -2.11. The van der Waals surface area contributed by atoms with Gasteiger partial charge in [0.15, 0.2) is 0 Å². The summed E-state index contributed by atoms with van der Waals surface area (Å²) in [5.74, 6) is -0.854. The fraction of sp³-hybridized carbons (Fsp3) is 0.167. The number of carbonyl (C=O) groups excluding carboxylic acids is 1. The molecule has 0 aromatic heterocycles. The summed E-state index contributed by atoms with van der Waals surface area (Å²) in [7, 11) is -4.45. The van der Waals surface area contributed by atoms with Crippen molar-refractivity contribution >= 4 is 15.9 Å². The van der Waals surface area contributed by atoms with Crippen molar-refractivity contribution in [2.75, 3.05) is 0 Å². The maximum atomic E-state index is 10.8. The van der Waals surface area contributed by atoms with E-state index in [1.165, 1.54) is 6.92 Å². The highest BCUT2D eigenvalue weighted by atomic mass is 32.2. The standard InChI is InChI=1S/C6H8O4S/c1-4(2)6(7)5(3)11(8,9)10/h1,3H2,2H3,(H,8,9,10). The summed E-state index contributed by atoms with van der Waals surface area (Å²) in [6.45, 7) is 7.43. The third kappa shape index (κ3) is 2.65. The molecule has 4 nitrogen and oxygen atoms in total. The average molecular weight is 176 g/mol. The zero-order valence-corrected chi connectivity index (χ0v) is 6.81. The molecule has 0 heterocycles. The number of ketones is 1. The second kappa shape index (κ2) is 2.98. The van der Waals surface area contributed by atoms with Gasteiger partial charge in [-0.3, -0.25) is 9.35 Å². The van der Waals surface area contributed by atoms with Crippen molar-refractivity contribution in [3.63, 3.8) is 0 Å². The Morgan fingerprint density at radius 1 is 1.36 bits per heavy atom. The van der Waals surface area contributed by atoms with Crippen LogP contribution >= 0.6 is 0 Å². The summed E-state index contributed by atoms with van der Waals surface area (Å²) in [5.41, 5.74) is 0.0209. The molecule has 11 heavy (non-hydrogen) atoms. The van der Waals surface area contributed by atoms with Gasteiger partial charge in [0, 0.05) is 0 Å². The Kier molecular flexibility index (Phi) is 2.72. The Hall–Kier alpha value is -0.940. The first kappa shape index (κ1) is 10.1. The van der Waals surface area contributed by atoms with Crippen LogP contribution in [0.3, 0.4) is 0 Å². The zero-order valence-electron chi connectivity index (χ0n) is 5.99. The number of allylic oxidation sites excluding steroid dienone is 2. The summed E-state index contributed by atoms with van der Waals surface area (Å²) in [4.78, 5) is 9.91. The van der Waals surface area contributed by atoms with Crippen LogP contribution in [0.5, 0.6) is 0 Å². The monoisotopic (exact) mass is 176 g/mol. The van der Waals surface area contributed by atoms with Crippen molar-refractivity contribution in [2.45, 2.75) is 6.92 Å². The maximum Gasteiger partial charge on any atom is 0.297 e. The molecule has 0 bridgehead atoms. The van der Waals surface area contributed by atoms with E-state index < -0.39 is 20.8 Å². The molecule has 0 aliphatic heterocycles. The highest BCUT2D eigenvalue weighted by Crippen LogP contribution is 2.06. The molecule has 0 aromatic rings. The van der Waals surface area contributed by atoms with Crippen molar-refractivity contribution in [3.05, 3.63) is 23.6 Å². The number of carbonyl (C=O) groups is 1. The van der Waals surface area contributed by atoms with Crippen LogP contribution in [0.4, 0.5) is 0 Å². The lowest BCUT2D eigenvalue weighted by Gasteiger charge is -1.98. The average Bonchev–Trinajstić information content (AvgIpc) is 1.82. The normalized spacial score (nSPS) is 10.7. The van der Waals surface area contributed by atoms with Gasteiger partial charge in [-0.2, -0.15) is 8.42 Å². The van der Waals surface area contributed by atoms with E-state index in [2.05, 4.69) is 13.2 Å². The number of rotatable bonds is 3. The van der Waals surface area contributed by atoms with Gasteiger partial charge in [0.05, 0.1) is 0 Å². The molecule has 0 saturated carbocycles. The lowest BCUT2D eigenvalue weighted by atomic mass is 10.2. The third-order valence-electron chi connectivity index (χ3n) is 0.952. The topological polar surface area (TPSA) is 71.4 Å². The highest BCUT2D eigenvalue weighted by molar-refractivity contribution is 7.90. The van der Waals surface area contributed by atoms with Crippen LogP contribution in [-0.4, -0.2) is 18.8 Å². The predicted octanol–water partition coefficient (Wildman–Crippen LogP) is 0.533. The molecule has 0 amide bonds. The molecule has 0 aliphatic rings. The molecular weight excluding hydrogens is 168 g/mol. The van der Waals surface area contributed by atoms with Gasteiger partial charge in [0.1, 0.15) is 4.91 Å². The Morgan fingerprint density at radius 3 is 1.82 bits per heavy atom. The van der Waals surface area contributed by atoms with Crippen LogP contribution in [0.2, 0.25) is 0 Å². The molecule has 0 fully saturated rings. The summed E-state index contributed by atoms with van der Waals surface area (Å²) in [5, 5.41) is 0. The Bertz CT molecular complexity index is 309. The molecule has 1 N–H and O–H groups in total. The smallest absolute Gasteiger partial charge is 0.288 e. The molecule has 0 spiro atoms. The first-order valence-corrected chi connectivity index (χ1v) is 4.07. The van der Waals surface area contributed by atoms with Crippen molar-refractivity contribution in [1.82, 2.24) is 0 Å². The summed E-state index contributed by atoms with van der Waals surface area (Å²) < 4.78 is 28.9. The molecule has 0 rings (SSSR count). The van der Waals surface area contributed by atoms with Gasteiger partial charge < -0.3 is 0 Å². The first-order chi connectivity index (χ1) is 4.76. The first-order valence-electron chi connectivity index (χ1n) is 2.63. The van der Waals surface area contributed by atoms with Crippen LogP contribution in [-0.2, 0) is 14.9 Å². The van der Waals surface area contributed by atoms with Gasteiger partial charge >= 0.3 is 0 Å². The van der Waals surface area contributed by atoms with E-state index in [-0.39, 0.29) is 5.57 Å². The molecule has 62 valence electrons. The summed E-state index contributed by atoms with van der Waals surface area (Å²) in [6, 6.07) is 0. The van der Waals surface area contributed by atoms with E-state index in [0.717, 1.165) is 0 Å². The Balaban J connectivity index is 4.83. The molecule has 0 unspecified atom stereocenters. The van der Waals surface area contributed by atoms with E-state index >= 15 is 0 Å². The predicted molar refractivity (Wildman–Crippen MR) is 40.5 cm³/mol. The van der Waals surface area contributed by atoms with Crippen LogP contribution in [0.25, 0.3) is 0 Å². The van der Waals surface area contributed by atoms with Crippen LogP contribution < -0.4 is 0 Å². The zero-order chi connectivity index (χ0) is 9.23. The van der Waals surface area contributed by atoms with E-state index in [9.17, 15) is 13.2 Å². The Morgan fingerprint density at radius 2 is 1.73 bits per heavy atom. The van der Waals surface area contributed by atoms with Crippen LogP contribution in [0, 0.1) is 0 Å². The number of Topliss-reactive ketones (excluding diaryl/α,β-unsaturated/α-hetero) is 1. The molecule has 5 heteroatoms. The molecule has 0 aliphatic carbocycles. The van der Waals surface area contributed by atoms with Crippen molar-refractivity contribution in [1.29, 1.82) is 0 Å². The maximum absolute atomic E-state index is 10.8. The van der Waals surface area contributed by atoms with Crippen molar-refractivity contribution in [2.24, 2.45) is 0 Å². The van der Waals surface area contributed by atoms with E-state index in [1.807, 2.05) is 0 Å². The van der Waals surface area contributed by atoms with Gasteiger partial charge in [-0.1, -0.05) is 13.2 Å². The van der Waals surface area contributed by atoms with Crippen LogP contribution in [0.15, 0.2) is 23.6 Å². The quantitative estimate of drug-likeness (QED) is 0.503. The number of hydrogen-bond acceptors (Lipinski definition) is 3. The molecule has 0 saturated heterocycles. The van der Waals surface area contributed by atoms with Gasteiger partial charge in [-0.25, -0.2) is 0 Å². The van der Waals surface area contributed by atoms with Gasteiger partial charge in [-0.15, -0.1) is 0 Å². The minimum absolute atomic E-state index is 0.0209. The summed E-state index contributed by atoms with van der Waals surface area (Å²) >= 11 is 0. The molecule has 0 atom stereocenters. The largest absolute Gasteiger partial charge is 0.297 e. The minimum atomic E-state index is -4.45. The fourth-order valence-electron chi connectivity index (χ4n) is 0.355. The SMILES string of the molecule is C=C(C)C(=O)C(=C)S(=O)(=O)O. The van der Waals surface area contributed by atoms with Crippen molar-refractivity contribution < 1.29 is 17.8 Å². The van der Waals surface area contributed by atoms with Crippen LogP contribution in [0.1, 0.15) is 6.92 Å². The highest BCUT2D eigenvalue weighted by Gasteiger charge is 2.19. The van der Waals surface area contributed by atoms with E-state index in [4.69, 9.17) is 4.55 Å². The summed E-state index contributed by atoms with van der Waals surface area (Å²) in [6.07, 6.45) is 0. The second-order valence-electron chi connectivity index (χ2n) is 2.01. The molecular formula is C6H8O4S. The van der Waals surface area contributed by atoms with E-state index in [0.29, 0.717) is 0 Å². The fourth-order valence-corrected chi connectivity index (χ4v) is 0.764. The Labute approximate surface area is 65.0 Å². The third-order valence-corrected chi connectivity index (χ3v) is 1.76. The minimum Gasteiger partial charge on any atom is -0.288 e.